The number of imidazole rings is 1. The van der Waals surface area contributed by atoms with Gasteiger partial charge >= 0.3 is 0 Å². The van der Waals surface area contributed by atoms with E-state index in [4.69, 9.17) is 4.74 Å². The first-order chi connectivity index (χ1) is 10.8. The van der Waals surface area contributed by atoms with Crippen molar-refractivity contribution in [1.29, 1.82) is 0 Å². The molecule has 0 fully saturated rings. The highest BCUT2D eigenvalue weighted by Gasteiger charge is 2.11. The Bertz CT molecular complexity index is 698. The summed E-state index contributed by atoms with van der Waals surface area (Å²) in [7, 11) is 0. The zero-order valence-corrected chi connectivity index (χ0v) is 12.0. The fourth-order valence-corrected chi connectivity index (χ4v) is 2.20. The van der Waals surface area contributed by atoms with Crippen molar-refractivity contribution < 1.29 is 9.84 Å². The lowest BCUT2D eigenvalue weighted by Crippen LogP contribution is -2.23. The van der Waals surface area contributed by atoms with Crippen LogP contribution >= 0.6 is 0 Å². The van der Waals surface area contributed by atoms with Crippen molar-refractivity contribution in [3.05, 3.63) is 67.3 Å². The molecule has 1 atom stereocenters. The molecule has 0 aliphatic carbocycles. The summed E-state index contributed by atoms with van der Waals surface area (Å²) in [5, 5.41) is 10.2. The monoisotopic (exact) mass is 295 g/mol. The molecule has 0 aliphatic rings. The van der Waals surface area contributed by atoms with Crippen LogP contribution in [0, 0.1) is 0 Å². The second-order valence-corrected chi connectivity index (χ2v) is 4.92. The second kappa shape index (κ2) is 6.87. The van der Waals surface area contributed by atoms with Gasteiger partial charge in [-0.15, -0.1) is 0 Å². The highest BCUT2D eigenvalue weighted by Crippen LogP contribution is 2.16. The molecule has 3 rings (SSSR count). The van der Waals surface area contributed by atoms with E-state index in [0.717, 1.165) is 17.1 Å². The van der Waals surface area contributed by atoms with Crippen LogP contribution in [0.25, 0.3) is 11.4 Å². The topological polar surface area (TPSA) is 60.2 Å². The van der Waals surface area contributed by atoms with Crippen LogP contribution in [-0.2, 0) is 6.54 Å². The summed E-state index contributed by atoms with van der Waals surface area (Å²) in [4.78, 5) is 8.43. The minimum absolute atomic E-state index is 0.231. The van der Waals surface area contributed by atoms with Crippen molar-refractivity contribution in [2.75, 3.05) is 6.61 Å². The molecule has 2 aromatic heterocycles. The summed E-state index contributed by atoms with van der Waals surface area (Å²) >= 11 is 0. The molecule has 0 amide bonds. The lowest BCUT2D eigenvalue weighted by molar-refractivity contribution is 0.0929. The van der Waals surface area contributed by atoms with Gasteiger partial charge in [0, 0.05) is 30.4 Å². The van der Waals surface area contributed by atoms with Gasteiger partial charge in [0.05, 0.1) is 6.54 Å². The summed E-state index contributed by atoms with van der Waals surface area (Å²) in [6, 6.07) is 13.3. The standard InChI is InChI=1S/C17H17N3O2/c21-15(13-22-16-6-2-1-3-7-16)12-20-10-9-19-17(20)14-5-4-8-18-11-14/h1-11,15,21H,12-13H2/t15-/m0/s1. The molecule has 0 radical (unpaired) electrons. The van der Waals surface area contributed by atoms with Gasteiger partial charge in [-0.25, -0.2) is 4.98 Å². The number of aliphatic hydroxyl groups excluding tert-OH is 1. The Morgan fingerprint density at radius 3 is 2.73 bits per heavy atom. The Labute approximate surface area is 128 Å². The molecule has 5 heteroatoms. The predicted molar refractivity (Wildman–Crippen MR) is 83.4 cm³/mol. The van der Waals surface area contributed by atoms with E-state index < -0.39 is 6.10 Å². The van der Waals surface area contributed by atoms with Crippen molar-refractivity contribution in [2.45, 2.75) is 12.6 Å². The van der Waals surface area contributed by atoms with Crippen molar-refractivity contribution in [3.63, 3.8) is 0 Å². The number of rotatable bonds is 6. The number of aromatic nitrogens is 3. The van der Waals surface area contributed by atoms with Crippen LogP contribution in [0.5, 0.6) is 5.75 Å². The van der Waals surface area contributed by atoms with Crippen LogP contribution in [0.1, 0.15) is 0 Å². The number of aliphatic hydroxyl groups is 1. The van der Waals surface area contributed by atoms with Crippen molar-refractivity contribution >= 4 is 0 Å². The van der Waals surface area contributed by atoms with Gasteiger partial charge in [-0.1, -0.05) is 18.2 Å². The summed E-state index contributed by atoms with van der Waals surface area (Å²) in [5.41, 5.74) is 0.920. The zero-order valence-electron chi connectivity index (χ0n) is 12.0. The van der Waals surface area contributed by atoms with Gasteiger partial charge in [0.15, 0.2) is 0 Å². The third kappa shape index (κ3) is 3.51. The molecule has 1 N–H and O–H groups in total. The molecular formula is C17H17N3O2. The van der Waals surface area contributed by atoms with Gasteiger partial charge in [-0.2, -0.15) is 0 Å². The molecule has 0 aliphatic heterocycles. The normalized spacial score (nSPS) is 12.0. The fraction of sp³-hybridized carbons (Fsp3) is 0.176. The lowest BCUT2D eigenvalue weighted by Gasteiger charge is -2.14. The van der Waals surface area contributed by atoms with Crippen LogP contribution in [0.2, 0.25) is 0 Å². The smallest absolute Gasteiger partial charge is 0.141 e. The van der Waals surface area contributed by atoms with Gasteiger partial charge in [0.25, 0.3) is 0 Å². The van der Waals surface area contributed by atoms with Crippen molar-refractivity contribution in [2.24, 2.45) is 0 Å². The average Bonchev–Trinajstić information content (AvgIpc) is 3.03. The second-order valence-electron chi connectivity index (χ2n) is 4.92. The Kier molecular flexibility index (Phi) is 4.46. The first-order valence-electron chi connectivity index (χ1n) is 7.10. The summed E-state index contributed by atoms with van der Waals surface area (Å²) in [6.07, 6.45) is 6.41. The molecule has 112 valence electrons. The van der Waals surface area contributed by atoms with Crippen LogP contribution in [-0.4, -0.2) is 32.4 Å². The molecule has 22 heavy (non-hydrogen) atoms. The van der Waals surface area contributed by atoms with E-state index in [9.17, 15) is 5.11 Å². The first kappa shape index (κ1) is 14.3. The van der Waals surface area contributed by atoms with Crippen LogP contribution in [0.4, 0.5) is 0 Å². The quantitative estimate of drug-likeness (QED) is 0.758. The molecule has 0 saturated carbocycles. The molecule has 0 saturated heterocycles. The maximum Gasteiger partial charge on any atom is 0.141 e. The van der Waals surface area contributed by atoms with Gasteiger partial charge in [0.1, 0.15) is 24.3 Å². The minimum Gasteiger partial charge on any atom is -0.491 e. The Morgan fingerprint density at radius 2 is 1.95 bits per heavy atom. The molecule has 5 nitrogen and oxygen atoms in total. The van der Waals surface area contributed by atoms with Gasteiger partial charge < -0.3 is 14.4 Å². The number of benzene rings is 1. The summed E-state index contributed by atoms with van der Waals surface area (Å²) in [5.74, 6) is 1.53. The van der Waals surface area contributed by atoms with Crippen molar-refractivity contribution in [1.82, 2.24) is 14.5 Å². The molecule has 0 unspecified atom stereocenters. The molecule has 1 aromatic carbocycles. The maximum absolute atomic E-state index is 10.2. The van der Waals surface area contributed by atoms with Crippen molar-refractivity contribution in [3.8, 4) is 17.1 Å². The van der Waals surface area contributed by atoms with E-state index in [1.165, 1.54) is 0 Å². The van der Waals surface area contributed by atoms with E-state index in [1.54, 1.807) is 18.6 Å². The summed E-state index contributed by atoms with van der Waals surface area (Å²) in [6.45, 7) is 0.645. The lowest BCUT2D eigenvalue weighted by atomic mass is 10.2. The summed E-state index contributed by atoms with van der Waals surface area (Å²) < 4.78 is 7.46. The Morgan fingerprint density at radius 1 is 1.09 bits per heavy atom. The third-order valence-corrected chi connectivity index (χ3v) is 3.23. The van der Waals surface area contributed by atoms with E-state index in [0.29, 0.717) is 6.54 Å². The van der Waals surface area contributed by atoms with Crippen LogP contribution < -0.4 is 4.74 Å². The average molecular weight is 295 g/mol. The molecular weight excluding hydrogens is 278 g/mol. The van der Waals surface area contributed by atoms with E-state index >= 15 is 0 Å². The molecule has 2 heterocycles. The van der Waals surface area contributed by atoms with E-state index in [1.807, 2.05) is 53.2 Å². The van der Waals surface area contributed by atoms with E-state index in [2.05, 4.69) is 9.97 Å². The Hall–Kier alpha value is -2.66. The van der Waals surface area contributed by atoms with Crippen LogP contribution in [0.3, 0.4) is 0 Å². The van der Waals surface area contributed by atoms with Gasteiger partial charge in [-0.05, 0) is 24.3 Å². The van der Waals surface area contributed by atoms with Crippen LogP contribution in [0.15, 0.2) is 67.3 Å². The Balaban J connectivity index is 1.63. The SMILES string of the molecule is O[C@H](COc1ccccc1)Cn1ccnc1-c1cccnc1. The fourth-order valence-electron chi connectivity index (χ4n) is 2.20. The number of ether oxygens (including phenoxy) is 1. The zero-order chi connectivity index (χ0) is 15.2. The van der Waals surface area contributed by atoms with Gasteiger partial charge in [-0.3, -0.25) is 4.98 Å². The highest BCUT2D eigenvalue weighted by atomic mass is 16.5. The number of hydrogen-bond acceptors (Lipinski definition) is 4. The minimum atomic E-state index is -0.621. The number of hydrogen-bond donors (Lipinski definition) is 1. The first-order valence-corrected chi connectivity index (χ1v) is 7.10. The largest absolute Gasteiger partial charge is 0.491 e. The molecule has 3 aromatic rings. The highest BCUT2D eigenvalue weighted by molar-refractivity contribution is 5.53. The predicted octanol–water partition coefficient (Wildman–Crippen LogP) is 2.39. The molecule has 0 spiro atoms. The molecule has 0 bridgehead atoms. The third-order valence-electron chi connectivity index (χ3n) is 3.23. The number of nitrogens with zero attached hydrogens (tertiary/aromatic N) is 3. The number of pyridine rings is 1. The number of para-hydroxylation sites is 1. The van der Waals surface area contributed by atoms with E-state index in [-0.39, 0.29) is 6.61 Å². The van der Waals surface area contributed by atoms with Gasteiger partial charge in [0.2, 0.25) is 0 Å². The maximum atomic E-state index is 10.2.